The Hall–Kier alpha value is -3.35. The summed E-state index contributed by atoms with van der Waals surface area (Å²) in [6.07, 6.45) is 1.72. The van der Waals surface area contributed by atoms with Crippen LogP contribution in [0.2, 0.25) is 0 Å². The summed E-state index contributed by atoms with van der Waals surface area (Å²) in [5, 5.41) is 15.0. The second-order valence-electron chi connectivity index (χ2n) is 9.81. The number of carboxylic acids is 1. The molecule has 7 heteroatoms. The molecule has 1 fully saturated rings. The fourth-order valence-electron chi connectivity index (χ4n) is 4.93. The number of aliphatic carboxylic acids is 1. The van der Waals surface area contributed by atoms with Crippen molar-refractivity contribution in [1.82, 2.24) is 10.6 Å². The Labute approximate surface area is 199 Å². The van der Waals surface area contributed by atoms with Gasteiger partial charge in [-0.05, 0) is 47.4 Å². The van der Waals surface area contributed by atoms with E-state index in [1.165, 1.54) is 0 Å². The number of fused-ring (bicyclic) bond motifs is 3. The monoisotopic (exact) mass is 464 g/mol. The van der Waals surface area contributed by atoms with Gasteiger partial charge < -0.3 is 20.5 Å². The van der Waals surface area contributed by atoms with E-state index < -0.39 is 23.5 Å². The fraction of sp³-hybridized carbons (Fsp3) is 0.444. The summed E-state index contributed by atoms with van der Waals surface area (Å²) < 4.78 is 5.59. The molecule has 1 saturated carbocycles. The minimum absolute atomic E-state index is 0.0652. The molecule has 3 N–H and O–H groups in total. The first-order valence-corrected chi connectivity index (χ1v) is 11.9. The molecule has 2 aliphatic carbocycles. The van der Waals surface area contributed by atoms with Crippen LogP contribution in [0, 0.1) is 11.3 Å². The van der Waals surface area contributed by atoms with Gasteiger partial charge in [-0.1, -0.05) is 68.8 Å². The predicted octanol–water partition coefficient (Wildman–Crippen LogP) is 4.31. The second-order valence-corrected chi connectivity index (χ2v) is 9.81. The van der Waals surface area contributed by atoms with E-state index in [2.05, 4.69) is 34.9 Å². The first-order chi connectivity index (χ1) is 16.3. The fourth-order valence-corrected chi connectivity index (χ4v) is 4.93. The Morgan fingerprint density at radius 2 is 1.62 bits per heavy atom. The lowest BCUT2D eigenvalue weighted by Gasteiger charge is -2.38. The van der Waals surface area contributed by atoms with Crippen LogP contribution >= 0.6 is 0 Å². The SMILES string of the molecule is CC(C)C[C@@H](NC(=O)OCC1c2ccccc2-c2ccccc21)C(=O)NCC1(C(=O)O)CCC1. The zero-order valence-corrected chi connectivity index (χ0v) is 19.7. The van der Waals surface area contributed by atoms with E-state index in [1.807, 2.05) is 38.1 Å². The van der Waals surface area contributed by atoms with Crippen LogP contribution in [-0.2, 0) is 14.3 Å². The zero-order chi connectivity index (χ0) is 24.3. The van der Waals surface area contributed by atoms with Crippen LogP contribution in [0.25, 0.3) is 11.1 Å². The summed E-state index contributed by atoms with van der Waals surface area (Å²) in [6.45, 7) is 4.16. The highest BCUT2D eigenvalue weighted by atomic mass is 16.5. The number of carboxylic acid groups (broad SMARTS) is 1. The highest BCUT2D eigenvalue weighted by Crippen LogP contribution is 2.44. The number of hydrogen-bond acceptors (Lipinski definition) is 4. The number of nitrogens with one attached hydrogen (secondary N) is 2. The molecule has 180 valence electrons. The minimum atomic E-state index is -0.887. The van der Waals surface area contributed by atoms with Gasteiger partial charge in [0.05, 0.1) is 5.41 Å². The third-order valence-corrected chi connectivity index (χ3v) is 7.02. The molecule has 0 aromatic heterocycles. The molecule has 1 atom stereocenters. The second kappa shape index (κ2) is 9.87. The maximum absolute atomic E-state index is 12.8. The maximum Gasteiger partial charge on any atom is 0.407 e. The normalized spacial score (nSPS) is 16.7. The van der Waals surface area contributed by atoms with Crippen molar-refractivity contribution in [2.45, 2.75) is 51.5 Å². The van der Waals surface area contributed by atoms with Crippen molar-refractivity contribution in [2.75, 3.05) is 13.2 Å². The number of hydrogen-bond donors (Lipinski definition) is 3. The topological polar surface area (TPSA) is 105 Å². The molecule has 0 aliphatic heterocycles. The van der Waals surface area contributed by atoms with Crippen LogP contribution in [0.5, 0.6) is 0 Å². The molecule has 0 saturated heterocycles. The van der Waals surface area contributed by atoms with Gasteiger partial charge in [0, 0.05) is 12.5 Å². The zero-order valence-electron chi connectivity index (χ0n) is 19.7. The van der Waals surface area contributed by atoms with Gasteiger partial charge in [0.1, 0.15) is 12.6 Å². The quantitative estimate of drug-likeness (QED) is 0.513. The van der Waals surface area contributed by atoms with E-state index in [1.54, 1.807) is 0 Å². The maximum atomic E-state index is 12.8. The van der Waals surface area contributed by atoms with Gasteiger partial charge in [0.25, 0.3) is 0 Å². The number of carbonyl (C=O) groups excluding carboxylic acids is 2. The van der Waals surface area contributed by atoms with Crippen molar-refractivity contribution in [3.63, 3.8) is 0 Å². The number of amides is 2. The van der Waals surface area contributed by atoms with Crippen molar-refractivity contribution in [1.29, 1.82) is 0 Å². The highest BCUT2D eigenvalue weighted by molar-refractivity contribution is 5.86. The molecule has 2 amide bonds. The molecule has 34 heavy (non-hydrogen) atoms. The molecule has 2 aromatic rings. The van der Waals surface area contributed by atoms with Crippen LogP contribution in [-0.4, -0.2) is 42.3 Å². The Balaban J connectivity index is 1.38. The minimum Gasteiger partial charge on any atom is -0.481 e. The summed E-state index contributed by atoms with van der Waals surface area (Å²) in [7, 11) is 0. The van der Waals surface area contributed by atoms with Gasteiger partial charge in [-0.2, -0.15) is 0 Å². The van der Waals surface area contributed by atoms with E-state index in [9.17, 15) is 19.5 Å². The summed E-state index contributed by atoms with van der Waals surface area (Å²) in [4.78, 5) is 37.1. The van der Waals surface area contributed by atoms with Crippen molar-refractivity contribution < 1.29 is 24.2 Å². The van der Waals surface area contributed by atoms with Crippen LogP contribution in [0.4, 0.5) is 4.79 Å². The highest BCUT2D eigenvalue weighted by Gasteiger charge is 2.44. The lowest BCUT2D eigenvalue weighted by molar-refractivity contribution is -0.154. The van der Waals surface area contributed by atoms with Gasteiger partial charge in [0.2, 0.25) is 5.91 Å². The third-order valence-electron chi connectivity index (χ3n) is 7.02. The molecule has 4 rings (SSSR count). The molecule has 2 aromatic carbocycles. The summed E-state index contributed by atoms with van der Waals surface area (Å²) in [5.41, 5.74) is 3.64. The van der Waals surface area contributed by atoms with Gasteiger partial charge >= 0.3 is 12.1 Å². The molecule has 7 nitrogen and oxygen atoms in total. The van der Waals surface area contributed by atoms with Crippen molar-refractivity contribution >= 4 is 18.0 Å². The Morgan fingerprint density at radius 3 is 2.12 bits per heavy atom. The number of benzene rings is 2. The van der Waals surface area contributed by atoms with E-state index in [-0.39, 0.29) is 30.9 Å². The predicted molar refractivity (Wildman–Crippen MR) is 128 cm³/mol. The van der Waals surface area contributed by atoms with Gasteiger partial charge in [-0.3, -0.25) is 9.59 Å². The van der Waals surface area contributed by atoms with Crippen molar-refractivity contribution in [3.05, 3.63) is 59.7 Å². The van der Waals surface area contributed by atoms with Gasteiger partial charge in [-0.25, -0.2) is 4.79 Å². The van der Waals surface area contributed by atoms with Crippen LogP contribution < -0.4 is 10.6 Å². The Bertz CT molecular complexity index is 1030. The largest absolute Gasteiger partial charge is 0.481 e. The number of carbonyl (C=O) groups is 3. The Kier molecular flexibility index (Phi) is 6.91. The first-order valence-electron chi connectivity index (χ1n) is 11.9. The number of rotatable bonds is 9. The van der Waals surface area contributed by atoms with E-state index in [0.29, 0.717) is 19.3 Å². The Morgan fingerprint density at radius 1 is 1.03 bits per heavy atom. The average Bonchev–Trinajstić information content (AvgIpc) is 3.09. The summed E-state index contributed by atoms with van der Waals surface area (Å²) in [5.74, 6) is -1.18. The molecule has 0 unspecified atom stereocenters. The molecular weight excluding hydrogens is 432 g/mol. The summed E-state index contributed by atoms with van der Waals surface area (Å²) >= 11 is 0. The van der Waals surface area contributed by atoms with Crippen LogP contribution in [0.15, 0.2) is 48.5 Å². The summed E-state index contributed by atoms with van der Waals surface area (Å²) in [6, 6.07) is 15.4. The van der Waals surface area contributed by atoms with Crippen LogP contribution in [0.1, 0.15) is 56.6 Å². The average molecular weight is 465 g/mol. The van der Waals surface area contributed by atoms with E-state index >= 15 is 0 Å². The molecule has 0 spiro atoms. The van der Waals surface area contributed by atoms with Gasteiger partial charge in [-0.15, -0.1) is 0 Å². The number of ether oxygens (including phenoxy) is 1. The molecule has 0 heterocycles. The van der Waals surface area contributed by atoms with Gasteiger partial charge in [0.15, 0.2) is 0 Å². The lowest BCUT2D eigenvalue weighted by atomic mass is 9.69. The number of alkyl carbamates (subject to hydrolysis) is 1. The van der Waals surface area contributed by atoms with E-state index in [4.69, 9.17) is 4.74 Å². The standard InChI is InChI=1S/C27H32N2O5/c1-17(2)14-23(24(30)28-16-27(25(31)32)12-7-13-27)29-26(33)34-15-22-20-10-5-3-8-18(20)19-9-4-6-11-21(19)22/h3-6,8-11,17,22-23H,7,12-16H2,1-2H3,(H,28,30)(H,29,33)(H,31,32)/t23-/m1/s1. The molecule has 0 radical (unpaired) electrons. The lowest BCUT2D eigenvalue weighted by Crippen LogP contribution is -2.53. The van der Waals surface area contributed by atoms with Crippen LogP contribution in [0.3, 0.4) is 0 Å². The third kappa shape index (κ3) is 4.79. The van der Waals surface area contributed by atoms with Crippen molar-refractivity contribution in [3.8, 4) is 11.1 Å². The van der Waals surface area contributed by atoms with Crippen molar-refractivity contribution in [2.24, 2.45) is 11.3 Å². The molecule has 2 aliphatic rings. The first kappa shape index (κ1) is 23.8. The molecule has 0 bridgehead atoms. The smallest absolute Gasteiger partial charge is 0.407 e. The van der Waals surface area contributed by atoms with E-state index in [0.717, 1.165) is 28.7 Å². The molecular formula is C27H32N2O5.